The van der Waals surface area contributed by atoms with E-state index in [2.05, 4.69) is 30.4 Å². The Labute approximate surface area is 256 Å². The number of methoxy groups -OCH3 is 1. The molecule has 2 aromatic heterocycles. The maximum absolute atomic E-state index is 11.6. The van der Waals surface area contributed by atoms with Crippen LogP contribution in [0.2, 0.25) is 0 Å². The number of carboxylic acids is 1. The Bertz CT molecular complexity index is 1540. The summed E-state index contributed by atoms with van der Waals surface area (Å²) in [5.41, 5.74) is 4.26. The van der Waals surface area contributed by atoms with Gasteiger partial charge in [-0.1, -0.05) is 19.6 Å². The van der Waals surface area contributed by atoms with E-state index in [1.807, 2.05) is 19.9 Å². The lowest BCUT2D eigenvalue weighted by Crippen LogP contribution is -2.02. The first-order chi connectivity index (χ1) is 20.8. The fraction of sp³-hybridized carbons (Fsp3) is 0.419. The highest BCUT2D eigenvalue weighted by Crippen LogP contribution is 2.28. The summed E-state index contributed by atoms with van der Waals surface area (Å²) in [6, 6.07) is 10.3. The number of aliphatic hydroxyl groups is 1. The molecule has 2 aliphatic rings. The number of rotatable bonds is 6. The van der Waals surface area contributed by atoms with Crippen LogP contribution in [0, 0.1) is 13.8 Å². The number of aromatic nitrogens is 6. The Morgan fingerprint density at radius 2 is 1.27 bits per heavy atom. The lowest BCUT2D eigenvalue weighted by Gasteiger charge is -2.05. The van der Waals surface area contributed by atoms with Gasteiger partial charge < -0.3 is 24.4 Å². The molecule has 4 aromatic rings. The van der Waals surface area contributed by atoms with Gasteiger partial charge in [-0.2, -0.15) is 10.2 Å². The molecule has 0 radical (unpaired) electrons. The summed E-state index contributed by atoms with van der Waals surface area (Å²) >= 11 is 0. The van der Waals surface area contributed by atoms with Crippen LogP contribution in [0.1, 0.15) is 75.6 Å². The van der Waals surface area contributed by atoms with E-state index < -0.39 is 5.97 Å². The first kappa shape index (κ1) is 34.0. The number of aliphatic hydroxyl groups excluding tert-OH is 1. The lowest BCUT2D eigenvalue weighted by atomic mass is 10.0. The fourth-order valence-corrected chi connectivity index (χ4v) is 4.76. The summed E-state index contributed by atoms with van der Waals surface area (Å²) in [5.74, 6) is 1.98. The van der Waals surface area contributed by atoms with Gasteiger partial charge in [0.25, 0.3) is 0 Å². The first-order valence-corrected chi connectivity index (χ1v) is 13.8. The molecule has 0 bridgehead atoms. The van der Waals surface area contributed by atoms with Crippen molar-refractivity contribution in [2.24, 2.45) is 0 Å². The SMILES string of the molecule is C.CO.COC(=O)c1ccc(C)c(-c2n[nH]c(C3CCOC3)n2)c1.Cc1ccc(C(=O)O)cc1-c1n[nH]c(C2CCOC2)n1. The van der Waals surface area contributed by atoms with E-state index in [-0.39, 0.29) is 30.8 Å². The molecule has 0 amide bonds. The van der Waals surface area contributed by atoms with Gasteiger partial charge in [-0.05, 0) is 62.1 Å². The van der Waals surface area contributed by atoms with Crippen molar-refractivity contribution in [3.63, 3.8) is 0 Å². The van der Waals surface area contributed by atoms with Gasteiger partial charge in [-0.25, -0.2) is 19.6 Å². The van der Waals surface area contributed by atoms with E-state index in [0.717, 1.165) is 67.1 Å². The van der Waals surface area contributed by atoms with Crippen LogP contribution in [-0.2, 0) is 14.2 Å². The summed E-state index contributed by atoms with van der Waals surface area (Å²) < 4.78 is 15.5. The smallest absolute Gasteiger partial charge is 0.337 e. The van der Waals surface area contributed by atoms with Crippen molar-refractivity contribution < 1.29 is 34.0 Å². The summed E-state index contributed by atoms with van der Waals surface area (Å²) in [5, 5.41) is 30.5. The number of benzene rings is 2. The molecule has 236 valence electrons. The Morgan fingerprint density at radius 3 is 1.68 bits per heavy atom. The van der Waals surface area contributed by atoms with E-state index in [4.69, 9.17) is 24.4 Å². The van der Waals surface area contributed by atoms with Crippen molar-refractivity contribution in [2.75, 3.05) is 40.6 Å². The number of esters is 1. The van der Waals surface area contributed by atoms with Crippen molar-refractivity contribution >= 4 is 11.9 Å². The molecule has 2 unspecified atom stereocenters. The maximum atomic E-state index is 11.6. The standard InChI is InChI=1S/C15H17N3O3.C14H15N3O3.CH4O.CH4/c1-9-3-4-10(15(19)20-2)7-12(9)14-16-13(17-18-14)11-5-6-21-8-11;1-8-2-3-9(14(18)19)6-11(8)13-15-12(16-17-13)10-4-5-20-7-10;1-2;/h3-4,7,11H,5-6,8H2,1-2H3,(H,16,17,18);2-3,6,10H,4-5,7H2,1H3,(H,18,19)(H,15,16,17);2H,1H3;1H4. The number of aryl methyl sites for hydroxylation is 2. The molecular formula is C31H40N6O7. The third-order valence-corrected chi connectivity index (χ3v) is 7.26. The maximum Gasteiger partial charge on any atom is 0.337 e. The van der Waals surface area contributed by atoms with Crippen LogP contribution in [-0.4, -0.2) is 93.2 Å². The highest BCUT2D eigenvalue weighted by molar-refractivity contribution is 5.91. The molecule has 2 atom stereocenters. The van der Waals surface area contributed by atoms with Crippen LogP contribution < -0.4 is 0 Å². The number of aromatic carboxylic acids is 1. The first-order valence-electron chi connectivity index (χ1n) is 13.8. The number of carboxylic acid groups (broad SMARTS) is 1. The Kier molecular flexibility index (Phi) is 12.3. The van der Waals surface area contributed by atoms with Crippen LogP contribution in [0.5, 0.6) is 0 Å². The van der Waals surface area contributed by atoms with E-state index >= 15 is 0 Å². The molecule has 2 aromatic carbocycles. The van der Waals surface area contributed by atoms with Gasteiger partial charge >= 0.3 is 11.9 Å². The second-order valence-corrected chi connectivity index (χ2v) is 10.1. The molecule has 2 fully saturated rings. The predicted molar refractivity (Wildman–Crippen MR) is 163 cm³/mol. The molecule has 13 heteroatoms. The van der Waals surface area contributed by atoms with Gasteiger partial charge in [-0.3, -0.25) is 10.2 Å². The number of aromatic amines is 2. The van der Waals surface area contributed by atoms with Crippen LogP contribution in [0.4, 0.5) is 0 Å². The number of nitrogens with one attached hydrogen (secondary N) is 2. The van der Waals surface area contributed by atoms with Gasteiger partial charge in [0.05, 0.1) is 31.5 Å². The third-order valence-electron chi connectivity index (χ3n) is 7.26. The largest absolute Gasteiger partial charge is 0.478 e. The quantitative estimate of drug-likeness (QED) is 0.229. The zero-order chi connectivity index (χ0) is 30.9. The molecule has 6 rings (SSSR count). The van der Waals surface area contributed by atoms with Crippen LogP contribution in [0.15, 0.2) is 36.4 Å². The molecule has 44 heavy (non-hydrogen) atoms. The molecule has 0 spiro atoms. The average Bonchev–Trinajstić information content (AvgIpc) is 3.85. The minimum atomic E-state index is -0.953. The molecule has 0 aliphatic carbocycles. The van der Waals surface area contributed by atoms with Gasteiger partial charge in [0.1, 0.15) is 11.6 Å². The highest BCUT2D eigenvalue weighted by Gasteiger charge is 2.23. The zero-order valence-electron chi connectivity index (χ0n) is 24.6. The van der Waals surface area contributed by atoms with Crippen LogP contribution in [0.25, 0.3) is 22.8 Å². The topological polar surface area (TPSA) is 185 Å². The monoisotopic (exact) mass is 608 g/mol. The van der Waals surface area contributed by atoms with E-state index in [1.165, 1.54) is 7.11 Å². The molecule has 2 saturated heterocycles. The number of hydrogen-bond acceptors (Lipinski definition) is 10. The number of nitrogens with zero attached hydrogens (tertiary/aromatic N) is 4. The minimum absolute atomic E-state index is 0. The second kappa shape index (κ2) is 15.8. The summed E-state index contributed by atoms with van der Waals surface area (Å²) in [6.07, 6.45) is 1.89. The van der Waals surface area contributed by atoms with Gasteiger partial charge in [0.2, 0.25) is 0 Å². The predicted octanol–water partition coefficient (Wildman–Crippen LogP) is 4.30. The third kappa shape index (κ3) is 7.92. The normalized spacial score (nSPS) is 17.0. The van der Waals surface area contributed by atoms with Crippen molar-refractivity contribution in [1.82, 2.24) is 30.4 Å². The lowest BCUT2D eigenvalue weighted by molar-refractivity contribution is 0.0599. The van der Waals surface area contributed by atoms with Gasteiger partial charge in [0, 0.05) is 43.3 Å². The number of H-pyrrole nitrogens is 2. The summed E-state index contributed by atoms with van der Waals surface area (Å²) in [7, 11) is 2.37. The Hall–Kier alpha value is -4.46. The number of carbonyl (C=O) groups is 2. The Morgan fingerprint density at radius 1 is 0.818 bits per heavy atom. The van der Waals surface area contributed by atoms with Gasteiger partial charge in [0.15, 0.2) is 11.6 Å². The average molecular weight is 609 g/mol. The minimum Gasteiger partial charge on any atom is -0.478 e. The zero-order valence-corrected chi connectivity index (χ0v) is 24.6. The number of carbonyl (C=O) groups excluding carboxylic acids is 1. The van der Waals surface area contributed by atoms with Crippen LogP contribution >= 0.6 is 0 Å². The molecule has 4 heterocycles. The van der Waals surface area contributed by atoms with E-state index in [9.17, 15) is 9.59 Å². The second-order valence-electron chi connectivity index (χ2n) is 10.1. The van der Waals surface area contributed by atoms with Gasteiger partial charge in [-0.15, -0.1) is 0 Å². The van der Waals surface area contributed by atoms with Crippen molar-refractivity contribution in [3.05, 3.63) is 70.3 Å². The van der Waals surface area contributed by atoms with Crippen molar-refractivity contribution in [2.45, 2.75) is 46.0 Å². The van der Waals surface area contributed by atoms with Crippen molar-refractivity contribution in [1.29, 1.82) is 0 Å². The van der Waals surface area contributed by atoms with Crippen LogP contribution in [0.3, 0.4) is 0 Å². The molecule has 0 saturated carbocycles. The summed E-state index contributed by atoms with van der Waals surface area (Å²) in [6.45, 7) is 6.71. The van der Waals surface area contributed by atoms with Crippen molar-refractivity contribution in [3.8, 4) is 22.8 Å². The van der Waals surface area contributed by atoms with E-state index in [0.29, 0.717) is 30.4 Å². The van der Waals surface area contributed by atoms with E-state index in [1.54, 1.807) is 30.3 Å². The molecule has 13 nitrogen and oxygen atoms in total. The fourth-order valence-electron chi connectivity index (χ4n) is 4.76. The summed E-state index contributed by atoms with van der Waals surface area (Å²) in [4.78, 5) is 31.7. The molecule has 2 aliphatic heterocycles. The highest BCUT2D eigenvalue weighted by atomic mass is 16.5. The molecule has 4 N–H and O–H groups in total. The molecular weight excluding hydrogens is 568 g/mol. The number of ether oxygens (including phenoxy) is 3. The number of hydrogen-bond donors (Lipinski definition) is 4. The Balaban J connectivity index is 0.000000223.